The number of aromatic hydroxyl groups is 1. The zero-order valence-electron chi connectivity index (χ0n) is 10.6. The van der Waals surface area contributed by atoms with Crippen LogP contribution in [0.2, 0.25) is 0 Å². The Morgan fingerprint density at radius 1 is 1.10 bits per heavy atom. The molecule has 0 aliphatic rings. The number of rotatable bonds is 4. The van der Waals surface area contributed by atoms with E-state index in [1.54, 1.807) is 18.2 Å². The Kier molecular flexibility index (Phi) is 4.61. The van der Waals surface area contributed by atoms with Crippen molar-refractivity contribution in [1.82, 2.24) is 10.3 Å². The van der Waals surface area contributed by atoms with Crippen LogP contribution in [0.15, 0.2) is 57.9 Å². The van der Waals surface area contributed by atoms with Gasteiger partial charge in [-0.1, -0.05) is 18.2 Å². The van der Waals surface area contributed by atoms with Gasteiger partial charge < -0.3 is 5.11 Å². The van der Waals surface area contributed by atoms with Gasteiger partial charge >= 0.3 is 0 Å². The highest BCUT2D eigenvalue weighted by atomic mass is 79.9. The Bertz CT molecular complexity index is 777. The fourth-order valence-electron chi connectivity index (χ4n) is 1.55. The molecule has 2 aromatic carbocycles. The molecule has 0 atom stereocenters. The molecule has 0 bridgehead atoms. The SMILES string of the molecule is O=C(NNS(=O)(=O)c1ccccc1Br)c1cccc(O)c1. The molecule has 6 nitrogen and oxygen atoms in total. The molecule has 110 valence electrons. The summed E-state index contributed by atoms with van der Waals surface area (Å²) in [5, 5.41) is 9.28. The van der Waals surface area contributed by atoms with Crippen LogP contribution in [-0.2, 0) is 10.0 Å². The van der Waals surface area contributed by atoms with E-state index in [0.717, 1.165) is 0 Å². The summed E-state index contributed by atoms with van der Waals surface area (Å²) >= 11 is 3.13. The van der Waals surface area contributed by atoms with Crippen molar-refractivity contribution in [3.63, 3.8) is 0 Å². The summed E-state index contributed by atoms with van der Waals surface area (Å²) in [7, 11) is -3.90. The minimum atomic E-state index is -3.90. The topological polar surface area (TPSA) is 95.5 Å². The summed E-state index contributed by atoms with van der Waals surface area (Å²) in [6, 6.07) is 11.8. The number of amides is 1. The first-order chi connectivity index (χ1) is 9.90. The molecule has 0 aliphatic carbocycles. The first-order valence-electron chi connectivity index (χ1n) is 5.76. The molecule has 0 aromatic heterocycles. The molecule has 2 rings (SSSR count). The molecule has 0 spiro atoms. The van der Waals surface area contributed by atoms with E-state index in [0.29, 0.717) is 4.47 Å². The van der Waals surface area contributed by atoms with E-state index in [2.05, 4.69) is 21.4 Å². The lowest BCUT2D eigenvalue weighted by Gasteiger charge is -2.09. The second-order valence-corrected chi connectivity index (χ2v) is 6.55. The average molecular weight is 371 g/mol. The van der Waals surface area contributed by atoms with Crippen LogP contribution in [0, 0.1) is 0 Å². The fourth-order valence-corrected chi connectivity index (χ4v) is 3.39. The molecule has 8 heteroatoms. The van der Waals surface area contributed by atoms with Gasteiger partial charge in [0.1, 0.15) is 5.75 Å². The van der Waals surface area contributed by atoms with E-state index in [1.165, 1.54) is 30.3 Å². The average Bonchev–Trinajstić information content (AvgIpc) is 2.45. The Hall–Kier alpha value is -1.90. The van der Waals surface area contributed by atoms with Gasteiger partial charge in [0, 0.05) is 10.0 Å². The van der Waals surface area contributed by atoms with E-state index >= 15 is 0 Å². The van der Waals surface area contributed by atoms with Gasteiger partial charge in [0.15, 0.2) is 0 Å². The number of phenols is 1. The van der Waals surface area contributed by atoms with Gasteiger partial charge in [-0.25, -0.2) is 8.42 Å². The van der Waals surface area contributed by atoms with E-state index in [9.17, 15) is 18.3 Å². The predicted molar refractivity (Wildman–Crippen MR) is 80.0 cm³/mol. The Morgan fingerprint density at radius 3 is 2.48 bits per heavy atom. The lowest BCUT2D eigenvalue weighted by molar-refractivity contribution is 0.0944. The first kappa shape index (κ1) is 15.5. The number of benzene rings is 2. The summed E-state index contributed by atoms with van der Waals surface area (Å²) in [6.45, 7) is 0. The maximum absolute atomic E-state index is 12.1. The van der Waals surface area contributed by atoms with Crippen molar-refractivity contribution >= 4 is 31.9 Å². The van der Waals surface area contributed by atoms with E-state index < -0.39 is 15.9 Å². The monoisotopic (exact) mass is 370 g/mol. The fraction of sp³-hybridized carbons (Fsp3) is 0. The van der Waals surface area contributed by atoms with Crippen LogP contribution in [0.4, 0.5) is 0 Å². The highest BCUT2D eigenvalue weighted by molar-refractivity contribution is 9.10. The molecule has 0 heterocycles. The van der Waals surface area contributed by atoms with Gasteiger partial charge in [0.05, 0.1) is 4.90 Å². The van der Waals surface area contributed by atoms with Crippen molar-refractivity contribution in [2.45, 2.75) is 4.90 Å². The quantitative estimate of drug-likeness (QED) is 0.714. The number of halogens is 1. The van der Waals surface area contributed by atoms with Crippen LogP contribution in [0.5, 0.6) is 5.75 Å². The number of sulfonamides is 1. The smallest absolute Gasteiger partial charge is 0.266 e. The third-order valence-corrected chi connectivity index (χ3v) is 4.79. The predicted octanol–water partition coefficient (Wildman–Crippen LogP) is 1.78. The molecule has 0 unspecified atom stereocenters. The molecule has 0 fully saturated rings. The molecular weight excluding hydrogens is 360 g/mol. The summed E-state index contributed by atoms with van der Waals surface area (Å²) in [6.07, 6.45) is 0. The number of nitrogens with one attached hydrogen (secondary N) is 2. The van der Waals surface area contributed by atoms with Gasteiger partial charge in [-0.05, 0) is 46.3 Å². The number of hydrazine groups is 1. The van der Waals surface area contributed by atoms with Crippen LogP contribution in [0.1, 0.15) is 10.4 Å². The maximum atomic E-state index is 12.1. The van der Waals surface area contributed by atoms with Crippen LogP contribution in [0.3, 0.4) is 0 Å². The third-order valence-electron chi connectivity index (χ3n) is 2.53. The van der Waals surface area contributed by atoms with Crippen molar-refractivity contribution < 1.29 is 18.3 Å². The van der Waals surface area contributed by atoms with Crippen LogP contribution in [-0.4, -0.2) is 19.4 Å². The molecule has 21 heavy (non-hydrogen) atoms. The molecule has 2 aromatic rings. The molecule has 0 radical (unpaired) electrons. The Balaban J connectivity index is 2.12. The molecule has 0 saturated heterocycles. The van der Waals surface area contributed by atoms with E-state index in [4.69, 9.17) is 0 Å². The van der Waals surface area contributed by atoms with E-state index in [1.807, 2.05) is 4.83 Å². The second-order valence-electron chi connectivity index (χ2n) is 4.04. The summed E-state index contributed by atoms with van der Waals surface area (Å²) in [4.78, 5) is 13.8. The summed E-state index contributed by atoms with van der Waals surface area (Å²) < 4.78 is 24.5. The van der Waals surface area contributed by atoms with Crippen molar-refractivity contribution in [3.05, 3.63) is 58.6 Å². The normalized spacial score (nSPS) is 11.1. The van der Waals surface area contributed by atoms with Crippen molar-refractivity contribution in [2.24, 2.45) is 0 Å². The number of carbonyl (C=O) groups excluding carboxylic acids is 1. The van der Waals surface area contributed by atoms with Gasteiger partial charge in [0.2, 0.25) is 0 Å². The summed E-state index contributed by atoms with van der Waals surface area (Å²) in [5.74, 6) is -0.766. The zero-order valence-corrected chi connectivity index (χ0v) is 13.0. The zero-order chi connectivity index (χ0) is 15.5. The van der Waals surface area contributed by atoms with Crippen LogP contribution >= 0.6 is 15.9 Å². The standard InChI is InChI=1S/C13H11BrN2O4S/c14-11-6-1-2-7-12(11)21(19,20)16-15-13(18)9-4-3-5-10(17)8-9/h1-8,16-17H,(H,15,18). The third kappa shape index (κ3) is 3.81. The van der Waals surface area contributed by atoms with Crippen molar-refractivity contribution in [2.75, 3.05) is 0 Å². The van der Waals surface area contributed by atoms with Gasteiger partial charge in [-0.2, -0.15) is 0 Å². The number of hydrogen-bond acceptors (Lipinski definition) is 4. The maximum Gasteiger partial charge on any atom is 0.266 e. The number of carbonyl (C=O) groups is 1. The lowest BCUT2D eigenvalue weighted by Crippen LogP contribution is -2.41. The number of phenolic OH excluding ortho intramolecular Hbond substituents is 1. The van der Waals surface area contributed by atoms with Gasteiger partial charge in [-0.15, -0.1) is 4.83 Å². The summed E-state index contributed by atoms with van der Waals surface area (Å²) in [5.41, 5.74) is 2.21. The lowest BCUT2D eigenvalue weighted by atomic mass is 10.2. The highest BCUT2D eigenvalue weighted by Crippen LogP contribution is 2.20. The minimum absolute atomic E-state index is 0.00112. The molecule has 3 N–H and O–H groups in total. The first-order valence-corrected chi connectivity index (χ1v) is 8.03. The highest BCUT2D eigenvalue weighted by Gasteiger charge is 2.18. The number of hydrogen-bond donors (Lipinski definition) is 3. The van der Waals surface area contributed by atoms with Crippen molar-refractivity contribution in [3.8, 4) is 5.75 Å². The van der Waals surface area contributed by atoms with Gasteiger partial charge in [0.25, 0.3) is 15.9 Å². The van der Waals surface area contributed by atoms with Crippen LogP contribution in [0.25, 0.3) is 0 Å². The Morgan fingerprint density at radius 2 is 1.81 bits per heavy atom. The molecular formula is C13H11BrN2O4S. The molecule has 0 saturated carbocycles. The van der Waals surface area contributed by atoms with E-state index in [-0.39, 0.29) is 16.2 Å². The van der Waals surface area contributed by atoms with Crippen LogP contribution < -0.4 is 10.3 Å². The largest absolute Gasteiger partial charge is 0.508 e. The second kappa shape index (κ2) is 6.25. The van der Waals surface area contributed by atoms with Crippen molar-refractivity contribution in [1.29, 1.82) is 0 Å². The Labute approximate surface area is 130 Å². The minimum Gasteiger partial charge on any atom is -0.508 e. The molecule has 0 aliphatic heterocycles. The van der Waals surface area contributed by atoms with Gasteiger partial charge in [-0.3, -0.25) is 10.2 Å². The molecule has 1 amide bonds.